The smallest absolute Gasteiger partial charge is 0.0897 e. The van der Waals surface area contributed by atoms with Gasteiger partial charge in [0.2, 0.25) is 0 Å². The lowest BCUT2D eigenvalue weighted by atomic mass is 9.94. The molecule has 0 amide bonds. The van der Waals surface area contributed by atoms with Crippen molar-refractivity contribution in [3.63, 3.8) is 0 Å². The lowest BCUT2D eigenvalue weighted by molar-refractivity contribution is 0.465. The van der Waals surface area contributed by atoms with Crippen LogP contribution in [0.2, 0.25) is 0 Å². The molecule has 4 heteroatoms. The zero-order chi connectivity index (χ0) is 11.7. The number of hydrogen-bond donors (Lipinski definition) is 1. The molecule has 2 aromatic heterocycles. The van der Waals surface area contributed by atoms with Crippen LogP contribution in [0.4, 0.5) is 0 Å². The van der Waals surface area contributed by atoms with Crippen molar-refractivity contribution in [3.8, 4) is 0 Å². The van der Waals surface area contributed by atoms with Gasteiger partial charge in [-0.15, -0.1) is 22.7 Å². The minimum atomic E-state index is 0.549. The summed E-state index contributed by atoms with van der Waals surface area (Å²) in [5.74, 6) is 0. The maximum Gasteiger partial charge on any atom is 0.0897 e. The molecule has 0 spiro atoms. The third-order valence-electron chi connectivity index (χ3n) is 3.24. The second kappa shape index (κ2) is 4.88. The van der Waals surface area contributed by atoms with Crippen LogP contribution < -0.4 is 5.32 Å². The first kappa shape index (κ1) is 11.4. The van der Waals surface area contributed by atoms with E-state index in [1.54, 1.807) is 16.2 Å². The molecular weight excluding hydrogens is 248 g/mol. The van der Waals surface area contributed by atoms with Crippen molar-refractivity contribution in [3.05, 3.63) is 38.0 Å². The van der Waals surface area contributed by atoms with Gasteiger partial charge >= 0.3 is 0 Å². The third-order valence-corrected chi connectivity index (χ3v) is 5.15. The van der Waals surface area contributed by atoms with Crippen LogP contribution in [0.15, 0.2) is 17.6 Å². The maximum absolute atomic E-state index is 4.30. The van der Waals surface area contributed by atoms with Crippen LogP contribution >= 0.6 is 22.7 Å². The summed E-state index contributed by atoms with van der Waals surface area (Å²) < 4.78 is 0. The van der Waals surface area contributed by atoms with Gasteiger partial charge in [-0.1, -0.05) is 0 Å². The number of hydrogen-bond acceptors (Lipinski definition) is 4. The molecule has 90 valence electrons. The molecule has 1 aliphatic carbocycles. The molecule has 2 heterocycles. The Bertz CT molecular complexity index is 501. The number of fused-ring (bicyclic) bond motifs is 1. The van der Waals surface area contributed by atoms with Crippen molar-refractivity contribution in [1.82, 2.24) is 10.3 Å². The molecule has 1 unspecified atom stereocenters. The number of aromatic nitrogens is 1. The van der Waals surface area contributed by atoms with Crippen molar-refractivity contribution < 1.29 is 0 Å². The van der Waals surface area contributed by atoms with E-state index in [1.807, 2.05) is 17.5 Å². The first-order valence-electron chi connectivity index (χ1n) is 6.04. The van der Waals surface area contributed by atoms with Gasteiger partial charge in [0.25, 0.3) is 0 Å². The van der Waals surface area contributed by atoms with E-state index in [2.05, 4.69) is 28.7 Å². The largest absolute Gasteiger partial charge is 0.305 e. The predicted octanol–water partition coefficient (Wildman–Crippen LogP) is 3.68. The molecule has 1 N–H and O–H groups in total. The highest BCUT2D eigenvalue weighted by molar-refractivity contribution is 7.11. The fourth-order valence-electron chi connectivity index (χ4n) is 2.41. The van der Waals surface area contributed by atoms with E-state index in [9.17, 15) is 0 Å². The minimum Gasteiger partial charge on any atom is -0.305 e. The highest BCUT2D eigenvalue weighted by atomic mass is 32.1. The first-order valence-corrected chi connectivity index (χ1v) is 7.73. The number of thiazole rings is 1. The zero-order valence-corrected chi connectivity index (χ0v) is 11.5. The summed E-state index contributed by atoms with van der Waals surface area (Å²) in [6.07, 6.45) is 5.84. The Morgan fingerprint density at radius 3 is 3.29 bits per heavy atom. The maximum atomic E-state index is 4.30. The standard InChI is InChI=1S/C13H16N2S2/c1-9-14-7-10(17-9)8-15-12-3-2-4-13-11(12)5-6-16-13/h5-7,12,15H,2-4,8H2,1H3. The van der Waals surface area contributed by atoms with Crippen molar-refractivity contribution in [2.75, 3.05) is 0 Å². The molecule has 17 heavy (non-hydrogen) atoms. The van der Waals surface area contributed by atoms with Crippen LogP contribution in [0.3, 0.4) is 0 Å². The summed E-state index contributed by atoms with van der Waals surface area (Å²) in [4.78, 5) is 7.21. The number of nitrogens with one attached hydrogen (secondary N) is 1. The minimum absolute atomic E-state index is 0.549. The summed E-state index contributed by atoms with van der Waals surface area (Å²) in [5, 5.41) is 7.05. The van der Waals surface area contributed by atoms with E-state index in [1.165, 1.54) is 29.7 Å². The van der Waals surface area contributed by atoms with Gasteiger partial charge in [-0.2, -0.15) is 0 Å². The quantitative estimate of drug-likeness (QED) is 0.914. The lowest BCUT2D eigenvalue weighted by Crippen LogP contribution is -2.23. The second-order valence-corrected chi connectivity index (χ2v) is 6.79. The molecule has 2 nitrogen and oxygen atoms in total. The molecule has 0 fully saturated rings. The first-order chi connectivity index (χ1) is 8.33. The number of aryl methyl sites for hydroxylation is 2. The van der Waals surface area contributed by atoms with E-state index < -0.39 is 0 Å². The SMILES string of the molecule is Cc1ncc(CNC2CCCc3sccc32)s1. The Morgan fingerprint density at radius 2 is 2.47 bits per heavy atom. The fraction of sp³-hybridized carbons (Fsp3) is 0.462. The van der Waals surface area contributed by atoms with Gasteiger partial charge in [0, 0.05) is 28.5 Å². The van der Waals surface area contributed by atoms with Gasteiger partial charge in [-0.3, -0.25) is 0 Å². The number of rotatable bonds is 3. The van der Waals surface area contributed by atoms with Crippen LogP contribution in [0.25, 0.3) is 0 Å². The molecular formula is C13H16N2S2. The van der Waals surface area contributed by atoms with Crippen LogP contribution in [-0.2, 0) is 13.0 Å². The average Bonchev–Trinajstić information content (AvgIpc) is 2.94. The van der Waals surface area contributed by atoms with E-state index in [-0.39, 0.29) is 0 Å². The summed E-state index contributed by atoms with van der Waals surface area (Å²) in [5.41, 5.74) is 1.53. The fourth-order valence-corrected chi connectivity index (χ4v) is 4.14. The summed E-state index contributed by atoms with van der Waals surface area (Å²) in [7, 11) is 0. The van der Waals surface area contributed by atoms with E-state index in [4.69, 9.17) is 0 Å². The monoisotopic (exact) mass is 264 g/mol. The molecule has 0 radical (unpaired) electrons. The molecule has 0 saturated carbocycles. The average molecular weight is 264 g/mol. The van der Waals surface area contributed by atoms with Gasteiger partial charge < -0.3 is 5.32 Å². The highest BCUT2D eigenvalue weighted by Crippen LogP contribution is 2.33. The highest BCUT2D eigenvalue weighted by Gasteiger charge is 2.20. The van der Waals surface area contributed by atoms with Crippen LogP contribution in [0.1, 0.15) is 39.2 Å². The molecule has 0 aromatic carbocycles. The van der Waals surface area contributed by atoms with Crippen molar-refractivity contribution in [1.29, 1.82) is 0 Å². The molecule has 0 saturated heterocycles. The van der Waals surface area contributed by atoms with Crippen LogP contribution in [-0.4, -0.2) is 4.98 Å². The van der Waals surface area contributed by atoms with Crippen LogP contribution in [0.5, 0.6) is 0 Å². The van der Waals surface area contributed by atoms with E-state index in [0.717, 1.165) is 11.6 Å². The van der Waals surface area contributed by atoms with Gasteiger partial charge in [0.05, 0.1) is 5.01 Å². The molecule has 1 aliphatic rings. The van der Waals surface area contributed by atoms with Crippen molar-refractivity contribution in [2.24, 2.45) is 0 Å². The van der Waals surface area contributed by atoms with Crippen molar-refractivity contribution >= 4 is 22.7 Å². The predicted molar refractivity (Wildman–Crippen MR) is 73.7 cm³/mol. The number of thiophene rings is 1. The summed E-state index contributed by atoms with van der Waals surface area (Å²) in [6, 6.07) is 2.83. The topological polar surface area (TPSA) is 24.9 Å². The normalized spacial score (nSPS) is 19.2. The zero-order valence-electron chi connectivity index (χ0n) is 9.90. The summed E-state index contributed by atoms with van der Waals surface area (Å²) >= 11 is 3.69. The van der Waals surface area contributed by atoms with Gasteiger partial charge in [-0.25, -0.2) is 4.98 Å². The van der Waals surface area contributed by atoms with Gasteiger partial charge in [0.1, 0.15) is 0 Å². The van der Waals surface area contributed by atoms with Gasteiger partial charge in [-0.05, 0) is 43.2 Å². The summed E-state index contributed by atoms with van der Waals surface area (Å²) in [6.45, 7) is 3.01. The molecule has 1 atom stereocenters. The number of nitrogens with zero attached hydrogens (tertiary/aromatic N) is 1. The Hall–Kier alpha value is -0.710. The van der Waals surface area contributed by atoms with E-state index >= 15 is 0 Å². The third kappa shape index (κ3) is 2.44. The van der Waals surface area contributed by atoms with Crippen LogP contribution in [0, 0.1) is 6.92 Å². The Balaban J connectivity index is 1.67. The van der Waals surface area contributed by atoms with Gasteiger partial charge in [0.15, 0.2) is 0 Å². The Labute approximate surface area is 110 Å². The van der Waals surface area contributed by atoms with E-state index in [0.29, 0.717) is 6.04 Å². The molecule has 3 rings (SSSR count). The second-order valence-electron chi connectivity index (χ2n) is 4.47. The van der Waals surface area contributed by atoms with Crippen molar-refractivity contribution in [2.45, 2.75) is 38.8 Å². The molecule has 0 bridgehead atoms. The Morgan fingerprint density at radius 1 is 1.53 bits per heavy atom. The molecule has 0 aliphatic heterocycles. The lowest BCUT2D eigenvalue weighted by Gasteiger charge is -2.23. The Kier molecular flexibility index (Phi) is 3.27. The molecule has 2 aromatic rings.